The summed E-state index contributed by atoms with van der Waals surface area (Å²) in [4.78, 5) is 0. The summed E-state index contributed by atoms with van der Waals surface area (Å²) in [6.45, 7) is 0. The van der Waals surface area contributed by atoms with Crippen molar-refractivity contribution in [2.75, 3.05) is 5.73 Å². The van der Waals surface area contributed by atoms with Gasteiger partial charge in [0.2, 0.25) is 0 Å². The number of fused-ring (bicyclic) bond motifs is 1. The van der Waals surface area contributed by atoms with Gasteiger partial charge in [-0.1, -0.05) is 11.6 Å². The Kier molecular flexibility index (Phi) is 2.74. The fraction of sp³-hybridized carbons (Fsp3) is 0.308. The predicted octanol–water partition coefficient (Wildman–Crippen LogP) is 3.13. The van der Waals surface area contributed by atoms with E-state index < -0.39 is 0 Å². The van der Waals surface area contributed by atoms with Gasteiger partial charge in [0, 0.05) is 17.3 Å². The molecule has 0 bridgehead atoms. The molecule has 2 N–H and O–H groups in total. The molecule has 1 heterocycles. The molecule has 94 valence electrons. The first-order chi connectivity index (χ1) is 8.66. The third-order valence-electron chi connectivity index (χ3n) is 3.35. The van der Waals surface area contributed by atoms with Crippen molar-refractivity contribution in [3.8, 4) is 5.69 Å². The second-order valence-corrected chi connectivity index (χ2v) is 4.93. The van der Waals surface area contributed by atoms with Gasteiger partial charge in [0.25, 0.3) is 0 Å². The Balaban J connectivity index is 2.20. The van der Waals surface area contributed by atoms with E-state index in [4.69, 9.17) is 17.3 Å². The van der Waals surface area contributed by atoms with E-state index in [1.807, 2.05) is 0 Å². The second kappa shape index (κ2) is 4.28. The Morgan fingerprint density at radius 2 is 2.06 bits per heavy atom. The summed E-state index contributed by atoms with van der Waals surface area (Å²) in [5.74, 6) is 0.207. The lowest BCUT2D eigenvalue weighted by Crippen LogP contribution is -2.08. The lowest BCUT2D eigenvalue weighted by atomic mass is 9.97. The fourth-order valence-electron chi connectivity index (χ4n) is 2.47. The zero-order chi connectivity index (χ0) is 12.7. The molecule has 5 heteroatoms. The maximum atomic E-state index is 13.3. The first kappa shape index (κ1) is 11.5. The predicted molar refractivity (Wildman–Crippen MR) is 69.6 cm³/mol. The van der Waals surface area contributed by atoms with Gasteiger partial charge in [0.1, 0.15) is 11.6 Å². The van der Waals surface area contributed by atoms with Crippen LogP contribution < -0.4 is 5.73 Å². The van der Waals surface area contributed by atoms with Crippen molar-refractivity contribution >= 4 is 17.4 Å². The lowest BCUT2D eigenvalue weighted by Gasteiger charge is -2.14. The van der Waals surface area contributed by atoms with Crippen LogP contribution in [0.4, 0.5) is 10.2 Å². The van der Waals surface area contributed by atoms with E-state index in [2.05, 4.69) is 5.10 Å². The minimum Gasteiger partial charge on any atom is -0.382 e. The Bertz CT molecular complexity index is 607. The molecule has 0 radical (unpaired) electrons. The largest absolute Gasteiger partial charge is 0.382 e. The Hall–Kier alpha value is -1.55. The van der Waals surface area contributed by atoms with Gasteiger partial charge in [-0.15, -0.1) is 0 Å². The molecule has 2 aromatic rings. The summed E-state index contributed by atoms with van der Waals surface area (Å²) in [5.41, 5.74) is 8.63. The maximum Gasteiger partial charge on any atom is 0.149 e. The van der Waals surface area contributed by atoms with Crippen LogP contribution in [0.5, 0.6) is 0 Å². The smallest absolute Gasteiger partial charge is 0.149 e. The zero-order valence-corrected chi connectivity index (χ0v) is 10.5. The quantitative estimate of drug-likeness (QED) is 0.861. The number of aromatic nitrogens is 2. The molecule has 1 aromatic carbocycles. The van der Waals surface area contributed by atoms with Crippen molar-refractivity contribution in [1.29, 1.82) is 0 Å². The first-order valence-corrected chi connectivity index (χ1v) is 6.36. The van der Waals surface area contributed by atoms with Crippen molar-refractivity contribution in [2.24, 2.45) is 0 Å². The van der Waals surface area contributed by atoms with Crippen molar-refractivity contribution in [2.45, 2.75) is 25.7 Å². The third kappa shape index (κ3) is 1.77. The summed E-state index contributed by atoms with van der Waals surface area (Å²) < 4.78 is 15.0. The SMILES string of the molecule is Nc1nn(-c2cc(F)ccc2Cl)c2c1CCCC2. The summed E-state index contributed by atoms with van der Waals surface area (Å²) in [6.07, 6.45) is 4.07. The molecule has 1 aliphatic carbocycles. The average Bonchev–Trinajstić information content (AvgIpc) is 2.71. The molecule has 0 saturated heterocycles. The minimum absolute atomic E-state index is 0.326. The van der Waals surface area contributed by atoms with Crippen molar-refractivity contribution < 1.29 is 4.39 Å². The van der Waals surface area contributed by atoms with Crippen LogP contribution in [0, 0.1) is 5.82 Å². The maximum absolute atomic E-state index is 13.3. The Morgan fingerprint density at radius 3 is 2.89 bits per heavy atom. The monoisotopic (exact) mass is 265 g/mol. The lowest BCUT2D eigenvalue weighted by molar-refractivity contribution is 0.621. The van der Waals surface area contributed by atoms with Gasteiger partial charge < -0.3 is 5.73 Å². The summed E-state index contributed by atoms with van der Waals surface area (Å²) in [7, 11) is 0. The van der Waals surface area contributed by atoms with Crippen molar-refractivity contribution in [1.82, 2.24) is 9.78 Å². The highest BCUT2D eigenvalue weighted by Crippen LogP contribution is 2.30. The van der Waals surface area contributed by atoms with Gasteiger partial charge in [-0.3, -0.25) is 0 Å². The molecule has 0 spiro atoms. The topological polar surface area (TPSA) is 43.8 Å². The van der Waals surface area contributed by atoms with Gasteiger partial charge in [0.05, 0.1) is 10.7 Å². The van der Waals surface area contributed by atoms with Crippen molar-refractivity contribution in [3.63, 3.8) is 0 Å². The number of rotatable bonds is 1. The number of hydrogen-bond donors (Lipinski definition) is 1. The van der Waals surface area contributed by atoms with Gasteiger partial charge in [-0.25, -0.2) is 9.07 Å². The number of halogens is 2. The molecule has 1 aromatic heterocycles. The van der Waals surface area contributed by atoms with Crippen LogP contribution in [0.25, 0.3) is 5.69 Å². The second-order valence-electron chi connectivity index (χ2n) is 4.53. The number of benzene rings is 1. The van der Waals surface area contributed by atoms with Crippen LogP contribution >= 0.6 is 11.6 Å². The van der Waals surface area contributed by atoms with Crippen LogP contribution in [0.1, 0.15) is 24.1 Å². The molecular formula is C13H13ClFN3. The van der Waals surface area contributed by atoms with Gasteiger partial charge in [-0.05, 0) is 37.8 Å². The molecular weight excluding hydrogens is 253 g/mol. The van der Waals surface area contributed by atoms with Crippen LogP contribution in [-0.2, 0) is 12.8 Å². The molecule has 0 aliphatic heterocycles. The van der Waals surface area contributed by atoms with Gasteiger partial charge >= 0.3 is 0 Å². The number of anilines is 1. The molecule has 0 atom stereocenters. The molecule has 3 rings (SSSR count). The molecule has 0 amide bonds. The number of hydrogen-bond acceptors (Lipinski definition) is 2. The van der Waals surface area contributed by atoms with E-state index in [1.165, 1.54) is 12.1 Å². The van der Waals surface area contributed by atoms with E-state index >= 15 is 0 Å². The number of nitrogen functional groups attached to an aromatic ring is 1. The van der Waals surface area contributed by atoms with Crippen LogP contribution in [-0.4, -0.2) is 9.78 Å². The summed E-state index contributed by atoms with van der Waals surface area (Å²) >= 11 is 6.11. The zero-order valence-electron chi connectivity index (χ0n) is 9.79. The Morgan fingerprint density at radius 1 is 1.28 bits per heavy atom. The van der Waals surface area contributed by atoms with E-state index in [0.29, 0.717) is 16.5 Å². The summed E-state index contributed by atoms with van der Waals surface area (Å²) in [5, 5.41) is 4.79. The summed E-state index contributed by atoms with van der Waals surface area (Å²) in [6, 6.07) is 4.27. The number of nitrogens with two attached hydrogens (primary N) is 1. The van der Waals surface area contributed by atoms with Crippen LogP contribution in [0.3, 0.4) is 0 Å². The fourth-order valence-corrected chi connectivity index (χ4v) is 2.67. The van der Waals surface area contributed by atoms with Gasteiger partial charge in [-0.2, -0.15) is 5.10 Å². The molecule has 0 unspecified atom stereocenters. The van der Waals surface area contributed by atoms with Crippen LogP contribution in [0.2, 0.25) is 5.02 Å². The highest BCUT2D eigenvalue weighted by Gasteiger charge is 2.21. The van der Waals surface area contributed by atoms with Gasteiger partial charge in [0.15, 0.2) is 0 Å². The first-order valence-electron chi connectivity index (χ1n) is 5.98. The number of nitrogens with zero attached hydrogens (tertiary/aromatic N) is 2. The molecule has 0 saturated carbocycles. The normalized spacial score (nSPS) is 14.6. The molecule has 3 nitrogen and oxygen atoms in total. The van der Waals surface area contributed by atoms with E-state index in [-0.39, 0.29) is 5.82 Å². The minimum atomic E-state index is -0.326. The average molecular weight is 266 g/mol. The third-order valence-corrected chi connectivity index (χ3v) is 3.67. The standard InChI is InChI=1S/C13H13ClFN3/c14-10-6-5-8(15)7-12(10)18-11-4-2-1-3-9(11)13(16)17-18/h5-7H,1-4H2,(H2,16,17). The van der Waals surface area contributed by atoms with Crippen molar-refractivity contribution in [3.05, 3.63) is 40.3 Å². The molecule has 0 fully saturated rings. The Labute approximate surface area is 109 Å². The molecule has 1 aliphatic rings. The van der Waals surface area contributed by atoms with Crippen LogP contribution in [0.15, 0.2) is 18.2 Å². The van der Waals surface area contributed by atoms with E-state index in [0.717, 1.165) is 36.9 Å². The van der Waals surface area contributed by atoms with E-state index in [1.54, 1.807) is 10.7 Å². The highest BCUT2D eigenvalue weighted by atomic mass is 35.5. The van der Waals surface area contributed by atoms with E-state index in [9.17, 15) is 4.39 Å². The molecule has 18 heavy (non-hydrogen) atoms. The highest BCUT2D eigenvalue weighted by molar-refractivity contribution is 6.32.